The number of allylic oxidation sites excluding steroid dienone is 1. The molecule has 0 aromatic heterocycles. The van der Waals surface area contributed by atoms with Gasteiger partial charge in [-0.15, -0.1) is 0 Å². The first-order valence-electron chi connectivity index (χ1n) is 13.8. The number of aliphatic hydroxyl groups is 1. The predicted octanol–water partition coefficient (Wildman–Crippen LogP) is 4.09. The van der Waals surface area contributed by atoms with Crippen molar-refractivity contribution in [3.8, 4) is 17.2 Å². The second-order valence-corrected chi connectivity index (χ2v) is 9.76. The normalized spacial score (nSPS) is 15.4. The van der Waals surface area contributed by atoms with Crippen molar-refractivity contribution in [1.82, 2.24) is 16.1 Å². The molecule has 3 aromatic rings. The molecule has 1 heterocycles. The number of aliphatic hydroxyl groups excluding tert-OH is 1. The number of hydrogen-bond acceptors (Lipinski definition) is 9. The van der Waals surface area contributed by atoms with Crippen LogP contribution in [0.3, 0.4) is 0 Å². The van der Waals surface area contributed by atoms with Gasteiger partial charge in [0.05, 0.1) is 31.5 Å². The summed E-state index contributed by atoms with van der Waals surface area (Å²) < 4.78 is 22.3. The quantitative estimate of drug-likeness (QED) is 0.101. The molecule has 2 atom stereocenters. The lowest BCUT2D eigenvalue weighted by Gasteiger charge is -2.28. The van der Waals surface area contributed by atoms with E-state index in [0.29, 0.717) is 36.0 Å². The van der Waals surface area contributed by atoms with Crippen LogP contribution < -0.4 is 30.3 Å². The monoisotopic (exact) mass is 588 g/mol. The molecule has 3 aromatic carbocycles. The van der Waals surface area contributed by atoms with Gasteiger partial charge in [-0.2, -0.15) is 5.10 Å². The summed E-state index contributed by atoms with van der Waals surface area (Å²) in [6, 6.07) is 19.5. The van der Waals surface area contributed by atoms with E-state index < -0.39 is 24.3 Å². The average Bonchev–Trinajstić information content (AvgIpc) is 3.00. The number of esters is 1. The number of nitrogens with one attached hydrogen (secondary N) is 3. The fourth-order valence-corrected chi connectivity index (χ4v) is 4.32. The summed E-state index contributed by atoms with van der Waals surface area (Å²) in [6.45, 7) is 6.20. The van der Waals surface area contributed by atoms with E-state index in [4.69, 9.17) is 18.9 Å². The van der Waals surface area contributed by atoms with Crippen molar-refractivity contribution in [1.29, 1.82) is 0 Å². The lowest BCUT2D eigenvalue weighted by molar-refractivity contribution is -0.136. The third-order valence-electron chi connectivity index (χ3n) is 6.52. The Morgan fingerprint density at radius 3 is 2.47 bits per heavy atom. The van der Waals surface area contributed by atoms with Crippen molar-refractivity contribution >= 4 is 18.2 Å². The van der Waals surface area contributed by atoms with Gasteiger partial charge in [0.1, 0.15) is 19.0 Å². The van der Waals surface area contributed by atoms with E-state index in [-0.39, 0.29) is 12.2 Å². The Hall–Kier alpha value is -5.03. The van der Waals surface area contributed by atoms with E-state index in [0.717, 1.165) is 16.9 Å². The number of hydrazone groups is 1. The molecule has 11 nitrogen and oxygen atoms in total. The minimum Gasteiger partial charge on any atom is -0.490 e. The number of urea groups is 1. The molecule has 0 unspecified atom stereocenters. The standard InChI is InChI=1S/C32H36N4O7/c1-5-41-27-16-24(30-29(31(38)40-4)21(3)34-32(39)35-30)12-15-26(27)43-19-28(37)36-33-17-22-10-13-25(14-11-22)42-18-23-8-6-20(2)7-9-23/h6-17,28,30,36-37H,5,18-19H2,1-4H3,(H2,34,35,39)/b33-17-/t28-,30-/m1/s1. The van der Waals surface area contributed by atoms with Crippen LogP contribution in [0, 0.1) is 6.92 Å². The maximum atomic E-state index is 12.4. The number of ether oxygens (including phenoxy) is 4. The molecule has 0 fully saturated rings. The summed E-state index contributed by atoms with van der Waals surface area (Å²) in [7, 11) is 1.28. The van der Waals surface area contributed by atoms with Gasteiger partial charge in [-0.25, -0.2) is 9.59 Å². The zero-order chi connectivity index (χ0) is 30.8. The highest BCUT2D eigenvalue weighted by atomic mass is 16.5. The summed E-state index contributed by atoms with van der Waals surface area (Å²) in [5, 5.41) is 19.8. The number of carbonyl (C=O) groups is 2. The minimum absolute atomic E-state index is 0.126. The van der Waals surface area contributed by atoms with Gasteiger partial charge >= 0.3 is 12.0 Å². The van der Waals surface area contributed by atoms with Crippen molar-refractivity contribution in [3.05, 3.63) is 100 Å². The molecule has 0 radical (unpaired) electrons. The topological polar surface area (TPSA) is 140 Å². The van der Waals surface area contributed by atoms with Crippen molar-refractivity contribution in [2.24, 2.45) is 5.10 Å². The number of methoxy groups -OCH3 is 1. The zero-order valence-electron chi connectivity index (χ0n) is 24.5. The van der Waals surface area contributed by atoms with Crippen LogP contribution in [0.25, 0.3) is 0 Å². The predicted molar refractivity (Wildman–Crippen MR) is 161 cm³/mol. The van der Waals surface area contributed by atoms with E-state index in [2.05, 4.69) is 33.3 Å². The van der Waals surface area contributed by atoms with Gasteiger partial charge < -0.3 is 34.7 Å². The largest absolute Gasteiger partial charge is 0.490 e. The molecule has 1 aliphatic heterocycles. The molecule has 0 saturated heterocycles. The highest BCUT2D eigenvalue weighted by molar-refractivity contribution is 5.95. The molecule has 226 valence electrons. The van der Waals surface area contributed by atoms with Gasteiger partial charge in [-0.1, -0.05) is 35.9 Å². The molecule has 11 heteroatoms. The first-order chi connectivity index (χ1) is 20.8. The third-order valence-corrected chi connectivity index (χ3v) is 6.52. The first-order valence-corrected chi connectivity index (χ1v) is 13.8. The Balaban J connectivity index is 1.32. The van der Waals surface area contributed by atoms with Gasteiger partial charge in [0, 0.05) is 5.70 Å². The second kappa shape index (κ2) is 14.7. The second-order valence-electron chi connectivity index (χ2n) is 9.76. The summed E-state index contributed by atoms with van der Waals surface area (Å²) >= 11 is 0. The highest BCUT2D eigenvalue weighted by Gasteiger charge is 2.32. The number of benzene rings is 3. The molecule has 43 heavy (non-hydrogen) atoms. The molecule has 4 N–H and O–H groups in total. The van der Waals surface area contributed by atoms with E-state index in [1.54, 1.807) is 31.3 Å². The smallest absolute Gasteiger partial charge is 0.337 e. The van der Waals surface area contributed by atoms with E-state index in [1.807, 2.05) is 50.2 Å². The van der Waals surface area contributed by atoms with Crippen LogP contribution >= 0.6 is 0 Å². The van der Waals surface area contributed by atoms with Crippen LogP contribution in [0.1, 0.15) is 42.1 Å². The lowest BCUT2D eigenvalue weighted by Crippen LogP contribution is -2.45. The van der Waals surface area contributed by atoms with Crippen LogP contribution in [0.2, 0.25) is 0 Å². The number of rotatable bonds is 13. The van der Waals surface area contributed by atoms with Crippen LogP contribution in [-0.2, 0) is 16.1 Å². The molecule has 0 bridgehead atoms. The maximum Gasteiger partial charge on any atom is 0.337 e. The van der Waals surface area contributed by atoms with Gasteiger partial charge in [0.15, 0.2) is 17.7 Å². The molecular formula is C32H36N4O7. The maximum absolute atomic E-state index is 12.4. The first kappa shape index (κ1) is 30.9. The van der Waals surface area contributed by atoms with Crippen LogP contribution in [0.5, 0.6) is 17.2 Å². The molecule has 4 rings (SSSR count). The molecule has 2 amide bonds. The van der Waals surface area contributed by atoms with Gasteiger partial charge in [0.2, 0.25) is 0 Å². The molecule has 0 aliphatic carbocycles. The Labute approximate surface area is 250 Å². The van der Waals surface area contributed by atoms with Gasteiger partial charge in [-0.05, 0) is 73.9 Å². The summed E-state index contributed by atoms with van der Waals surface area (Å²) in [6.07, 6.45) is 0.470. The van der Waals surface area contributed by atoms with E-state index >= 15 is 0 Å². The molecular weight excluding hydrogens is 552 g/mol. The van der Waals surface area contributed by atoms with Crippen LogP contribution in [0.15, 0.2) is 83.1 Å². The van der Waals surface area contributed by atoms with Crippen molar-refractivity contribution in [3.63, 3.8) is 0 Å². The van der Waals surface area contributed by atoms with Crippen LogP contribution in [-0.4, -0.2) is 49.9 Å². The summed E-state index contributed by atoms with van der Waals surface area (Å²) in [5.74, 6) is 0.933. The number of carbonyl (C=O) groups excluding carboxylic acids is 2. The SMILES string of the molecule is CCOc1cc([C@H]2NC(=O)NC(C)=C2C(=O)OC)ccc1OC[C@@H](O)N/N=C\c1ccc(OCc2ccc(C)cc2)cc1. The van der Waals surface area contributed by atoms with Gasteiger partial charge in [-0.3, -0.25) is 5.43 Å². The zero-order valence-corrected chi connectivity index (χ0v) is 24.5. The van der Waals surface area contributed by atoms with Crippen molar-refractivity contribution in [2.45, 2.75) is 39.6 Å². The number of hydrogen-bond donors (Lipinski definition) is 4. The minimum atomic E-state index is -1.11. The fraction of sp³-hybridized carbons (Fsp3) is 0.281. The van der Waals surface area contributed by atoms with Crippen LogP contribution in [0.4, 0.5) is 4.79 Å². The van der Waals surface area contributed by atoms with Gasteiger partial charge in [0.25, 0.3) is 0 Å². The number of nitrogens with zero attached hydrogens (tertiary/aromatic N) is 1. The fourth-order valence-electron chi connectivity index (χ4n) is 4.32. The highest BCUT2D eigenvalue weighted by Crippen LogP contribution is 2.35. The molecule has 1 aliphatic rings. The van der Waals surface area contributed by atoms with E-state index in [9.17, 15) is 14.7 Å². The Morgan fingerprint density at radius 1 is 1.02 bits per heavy atom. The molecule has 0 spiro atoms. The van der Waals surface area contributed by atoms with Crippen molar-refractivity contribution in [2.75, 3.05) is 20.3 Å². The third kappa shape index (κ3) is 8.49. The number of amides is 2. The number of aryl methyl sites for hydroxylation is 1. The Morgan fingerprint density at radius 2 is 1.77 bits per heavy atom. The summed E-state index contributed by atoms with van der Waals surface area (Å²) in [4.78, 5) is 24.5. The Bertz CT molecular complexity index is 1470. The lowest BCUT2D eigenvalue weighted by atomic mass is 9.95. The van der Waals surface area contributed by atoms with Crippen molar-refractivity contribution < 1.29 is 33.6 Å². The Kier molecular flexibility index (Phi) is 10.6. The average molecular weight is 589 g/mol. The summed E-state index contributed by atoms with van der Waals surface area (Å²) in [5.41, 5.74) is 7.02. The molecule has 0 saturated carbocycles. The van der Waals surface area contributed by atoms with E-state index in [1.165, 1.54) is 12.7 Å².